The third-order valence-corrected chi connectivity index (χ3v) is 8.32. The summed E-state index contributed by atoms with van der Waals surface area (Å²) in [6, 6.07) is 33.1. The first-order valence-corrected chi connectivity index (χ1v) is 14.1. The van der Waals surface area contributed by atoms with Crippen LogP contribution in [-0.4, -0.2) is 21.4 Å². The van der Waals surface area contributed by atoms with Gasteiger partial charge in [-0.1, -0.05) is 60.7 Å². The van der Waals surface area contributed by atoms with E-state index in [4.69, 9.17) is 9.15 Å². The van der Waals surface area contributed by atoms with Crippen LogP contribution in [0.2, 0.25) is 0 Å². The summed E-state index contributed by atoms with van der Waals surface area (Å²) in [7, 11) is 0. The van der Waals surface area contributed by atoms with Gasteiger partial charge in [0, 0.05) is 27.6 Å². The average Bonchev–Trinajstić information content (AvgIpc) is 3.76. The number of benzene rings is 4. The van der Waals surface area contributed by atoms with Crippen molar-refractivity contribution in [2.24, 2.45) is 17.8 Å². The molecule has 0 saturated heterocycles. The van der Waals surface area contributed by atoms with Gasteiger partial charge in [-0.2, -0.15) is 0 Å². The third kappa shape index (κ3) is 4.63. The van der Waals surface area contributed by atoms with Crippen LogP contribution in [0.5, 0.6) is 5.75 Å². The Kier molecular flexibility index (Phi) is 6.48. The molecule has 2 heterocycles. The molecule has 1 aliphatic carbocycles. The summed E-state index contributed by atoms with van der Waals surface area (Å²) < 4.78 is 14.7. The van der Waals surface area contributed by atoms with Gasteiger partial charge in [-0.15, -0.1) is 23.4 Å². The Morgan fingerprint density at radius 1 is 0.756 bits per heavy atom. The molecule has 41 heavy (non-hydrogen) atoms. The lowest BCUT2D eigenvalue weighted by molar-refractivity contribution is 0.230. The third-order valence-electron chi connectivity index (χ3n) is 8.32. The second-order valence-electron chi connectivity index (χ2n) is 10.8. The molecule has 1 fully saturated rings. The van der Waals surface area contributed by atoms with Gasteiger partial charge in [0.1, 0.15) is 5.75 Å². The van der Waals surface area contributed by atoms with E-state index < -0.39 is 0 Å². The Morgan fingerprint density at radius 3 is 2.10 bits per heavy atom. The van der Waals surface area contributed by atoms with E-state index in [0.29, 0.717) is 36.1 Å². The maximum absolute atomic E-state index is 6.22. The summed E-state index contributed by atoms with van der Waals surface area (Å²) in [4.78, 5) is 0. The Labute approximate surface area is 239 Å². The van der Waals surface area contributed by atoms with Crippen LogP contribution >= 0.6 is 0 Å². The first-order chi connectivity index (χ1) is 20.2. The SMILES string of the molecule is C=CC1CC(C=C)C(COc2cccc(-c3nnc(-c4cccc(-n5c6ccccc6c6ccccc65)c4)o3)c2)C1. The van der Waals surface area contributed by atoms with Gasteiger partial charge in [-0.3, -0.25) is 0 Å². The minimum atomic E-state index is 0.441. The summed E-state index contributed by atoms with van der Waals surface area (Å²) in [6.45, 7) is 8.65. The number of rotatable bonds is 8. The number of aromatic nitrogens is 3. The monoisotopic (exact) mass is 537 g/mol. The van der Waals surface area contributed by atoms with Crippen molar-refractivity contribution in [2.75, 3.05) is 6.61 Å². The molecule has 2 aromatic heterocycles. The summed E-state index contributed by atoms with van der Waals surface area (Å²) in [5, 5.41) is 11.2. The molecule has 5 nitrogen and oxygen atoms in total. The standard InChI is InChI=1S/C36H31N3O2/c1-3-24-19-25(4-2)28(20-24)23-40-30-14-10-12-27(22-30)36-38-37-35(41-36)26-11-9-13-29(21-26)39-33-17-7-5-15-31(33)32-16-6-8-18-34(32)39/h3-18,21-22,24-25,28H,1-2,19-20,23H2. The Bertz CT molecular complexity index is 1830. The molecular weight excluding hydrogens is 506 g/mol. The smallest absolute Gasteiger partial charge is 0.248 e. The molecule has 0 N–H and O–H groups in total. The van der Waals surface area contributed by atoms with Crippen molar-refractivity contribution in [1.29, 1.82) is 0 Å². The molecule has 0 amide bonds. The maximum Gasteiger partial charge on any atom is 0.248 e. The van der Waals surface area contributed by atoms with E-state index in [9.17, 15) is 0 Å². The molecular formula is C36H31N3O2. The minimum absolute atomic E-state index is 0.441. The minimum Gasteiger partial charge on any atom is -0.493 e. The fourth-order valence-corrected chi connectivity index (χ4v) is 6.23. The lowest BCUT2D eigenvalue weighted by Crippen LogP contribution is -2.15. The van der Waals surface area contributed by atoms with Crippen molar-refractivity contribution in [2.45, 2.75) is 12.8 Å². The van der Waals surface area contributed by atoms with Gasteiger partial charge < -0.3 is 13.7 Å². The van der Waals surface area contributed by atoms with Crippen LogP contribution in [0.25, 0.3) is 50.4 Å². The number of fused-ring (bicyclic) bond motifs is 3. The molecule has 1 aliphatic rings. The van der Waals surface area contributed by atoms with E-state index in [1.54, 1.807) is 0 Å². The number of hydrogen-bond donors (Lipinski definition) is 0. The normalized spacial score (nSPS) is 18.6. The predicted molar refractivity (Wildman–Crippen MR) is 165 cm³/mol. The van der Waals surface area contributed by atoms with Crippen LogP contribution in [-0.2, 0) is 0 Å². The van der Waals surface area contributed by atoms with E-state index >= 15 is 0 Å². The number of ether oxygens (including phenoxy) is 1. The van der Waals surface area contributed by atoms with Crippen molar-refractivity contribution in [3.8, 4) is 34.3 Å². The fraction of sp³-hybridized carbons (Fsp3) is 0.167. The van der Waals surface area contributed by atoms with Crippen LogP contribution in [0.15, 0.2) is 127 Å². The van der Waals surface area contributed by atoms with Crippen molar-refractivity contribution >= 4 is 21.8 Å². The van der Waals surface area contributed by atoms with Crippen molar-refractivity contribution < 1.29 is 9.15 Å². The van der Waals surface area contributed by atoms with Crippen LogP contribution < -0.4 is 4.74 Å². The van der Waals surface area contributed by atoms with Crippen LogP contribution in [0.1, 0.15) is 12.8 Å². The fourth-order valence-electron chi connectivity index (χ4n) is 6.23. The van der Waals surface area contributed by atoms with E-state index in [0.717, 1.165) is 46.4 Å². The number of allylic oxidation sites excluding steroid dienone is 2. The van der Waals surface area contributed by atoms with E-state index in [-0.39, 0.29) is 0 Å². The summed E-state index contributed by atoms with van der Waals surface area (Å²) >= 11 is 0. The molecule has 0 radical (unpaired) electrons. The Balaban J connectivity index is 1.15. The molecule has 5 heteroatoms. The molecule has 202 valence electrons. The van der Waals surface area contributed by atoms with Crippen molar-refractivity contribution in [1.82, 2.24) is 14.8 Å². The van der Waals surface area contributed by atoms with Crippen LogP contribution in [0, 0.1) is 17.8 Å². The van der Waals surface area contributed by atoms with Crippen LogP contribution in [0.4, 0.5) is 0 Å². The Morgan fingerprint density at radius 2 is 1.41 bits per heavy atom. The van der Waals surface area contributed by atoms with E-state index in [1.807, 2.05) is 36.4 Å². The number of hydrogen-bond acceptors (Lipinski definition) is 4. The molecule has 3 unspecified atom stereocenters. The zero-order valence-corrected chi connectivity index (χ0v) is 22.8. The molecule has 0 spiro atoms. The van der Waals surface area contributed by atoms with Gasteiger partial charge >= 0.3 is 0 Å². The van der Waals surface area contributed by atoms with Crippen molar-refractivity contribution in [3.05, 3.63) is 122 Å². The lowest BCUT2D eigenvalue weighted by Gasteiger charge is -2.17. The second-order valence-corrected chi connectivity index (χ2v) is 10.8. The highest BCUT2D eigenvalue weighted by Gasteiger charge is 2.31. The van der Waals surface area contributed by atoms with Crippen LogP contribution in [0.3, 0.4) is 0 Å². The first-order valence-electron chi connectivity index (χ1n) is 14.1. The van der Waals surface area contributed by atoms with Gasteiger partial charge in [-0.05, 0) is 79.1 Å². The van der Waals surface area contributed by atoms with Gasteiger partial charge in [0.15, 0.2) is 0 Å². The van der Waals surface area contributed by atoms with Gasteiger partial charge in [0.25, 0.3) is 0 Å². The Hall–Kier alpha value is -4.90. The molecule has 6 aromatic rings. The first kappa shape index (κ1) is 25.1. The summed E-state index contributed by atoms with van der Waals surface area (Å²) in [6.07, 6.45) is 6.30. The molecule has 0 bridgehead atoms. The number of para-hydroxylation sites is 2. The highest BCUT2D eigenvalue weighted by atomic mass is 16.5. The quantitative estimate of drug-likeness (QED) is 0.182. The van der Waals surface area contributed by atoms with Gasteiger partial charge in [-0.25, -0.2) is 0 Å². The summed E-state index contributed by atoms with van der Waals surface area (Å²) in [5.74, 6) is 3.16. The molecule has 7 rings (SSSR count). The number of nitrogens with zero attached hydrogens (tertiary/aromatic N) is 3. The average molecular weight is 538 g/mol. The van der Waals surface area contributed by atoms with E-state index in [1.165, 1.54) is 10.8 Å². The molecule has 3 atom stereocenters. The predicted octanol–water partition coefficient (Wildman–Crippen LogP) is 8.89. The highest BCUT2D eigenvalue weighted by molar-refractivity contribution is 6.09. The largest absolute Gasteiger partial charge is 0.493 e. The topological polar surface area (TPSA) is 53.1 Å². The molecule has 4 aromatic carbocycles. The lowest BCUT2D eigenvalue weighted by atomic mass is 9.97. The van der Waals surface area contributed by atoms with Gasteiger partial charge in [0.05, 0.1) is 17.6 Å². The molecule has 1 saturated carbocycles. The summed E-state index contributed by atoms with van der Waals surface area (Å²) in [5.41, 5.74) is 5.05. The van der Waals surface area contributed by atoms with Crippen molar-refractivity contribution in [3.63, 3.8) is 0 Å². The maximum atomic E-state index is 6.22. The van der Waals surface area contributed by atoms with Gasteiger partial charge in [0.2, 0.25) is 11.8 Å². The molecule has 0 aliphatic heterocycles. The second kappa shape index (κ2) is 10.6. The zero-order valence-electron chi connectivity index (χ0n) is 22.8. The highest BCUT2D eigenvalue weighted by Crippen LogP contribution is 2.38. The zero-order chi connectivity index (χ0) is 27.8. The van der Waals surface area contributed by atoms with E-state index in [2.05, 4.69) is 101 Å².